The van der Waals surface area contributed by atoms with Crippen molar-refractivity contribution in [3.8, 4) is 0 Å². The van der Waals surface area contributed by atoms with Crippen LogP contribution in [0.1, 0.15) is 51.9 Å². The molecule has 8 heteroatoms. The first-order valence-corrected chi connectivity index (χ1v) is 9.30. The van der Waals surface area contributed by atoms with E-state index in [2.05, 4.69) is 22.7 Å². The molecule has 0 amide bonds. The molecule has 2 rings (SSSR count). The zero-order valence-corrected chi connectivity index (χ0v) is 17.0. The lowest BCUT2D eigenvalue weighted by Crippen LogP contribution is -2.31. The lowest BCUT2D eigenvalue weighted by Gasteiger charge is -2.17. The number of anilines is 1. The molecule has 0 aliphatic heterocycles. The van der Waals surface area contributed by atoms with Crippen molar-refractivity contribution < 1.29 is 9.53 Å². The van der Waals surface area contributed by atoms with Crippen LogP contribution in [-0.2, 0) is 11.3 Å². The zero-order chi connectivity index (χ0) is 18.7. The molecule has 0 fully saturated rings. The summed E-state index contributed by atoms with van der Waals surface area (Å²) in [5, 5.41) is 11.9. The fraction of sp³-hybridized carbons (Fsp3) is 0.471. The molecule has 0 saturated heterocycles. The van der Waals surface area contributed by atoms with Crippen molar-refractivity contribution in [3.05, 3.63) is 33.5 Å². The molecule has 2 aromatic heterocycles. The van der Waals surface area contributed by atoms with Gasteiger partial charge in [-0.2, -0.15) is 5.10 Å². The number of thiophene rings is 1. The number of methoxy groups -OCH3 is 1. The Bertz CT molecular complexity index is 795. The van der Waals surface area contributed by atoms with Gasteiger partial charge in [0.25, 0.3) is 0 Å². The SMILES string of the molecule is CCn1ncc(C(C)NC(=S)Nc2sc(C)c(C)c2C(=O)OC)c1C. The van der Waals surface area contributed by atoms with Gasteiger partial charge in [0.15, 0.2) is 5.11 Å². The summed E-state index contributed by atoms with van der Waals surface area (Å²) >= 11 is 6.92. The van der Waals surface area contributed by atoms with Gasteiger partial charge in [-0.05, 0) is 52.4 Å². The Balaban J connectivity index is 2.14. The minimum atomic E-state index is -0.361. The first kappa shape index (κ1) is 19.4. The van der Waals surface area contributed by atoms with Gasteiger partial charge >= 0.3 is 5.97 Å². The Hall–Kier alpha value is -1.93. The van der Waals surface area contributed by atoms with E-state index >= 15 is 0 Å². The molecule has 0 saturated carbocycles. The first-order valence-electron chi connectivity index (χ1n) is 8.08. The molecule has 0 aliphatic carbocycles. The van der Waals surface area contributed by atoms with E-state index in [1.807, 2.05) is 38.6 Å². The summed E-state index contributed by atoms with van der Waals surface area (Å²) < 4.78 is 6.84. The van der Waals surface area contributed by atoms with Crippen LogP contribution >= 0.6 is 23.6 Å². The number of nitrogens with one attached hydrogen (secondary N) is 2. The third-order valence-corrected chi connectivity index (χ3v) is 5.60. The maximum Gasteiger partial charge on any atom is 0.341 e. The Morgan fingerprint density at radius 1 is 1.44 bits per heavy atom. The fourth-order valence-corrected chi connectivity index (χ4v) is 4.08. The summed E-state index contributed by atoms with van der Waals surface area (Å²) in [4.78, 5) is 13.1. The topological polar surface area (TPSA) is 68.2 Å². The van der Waals surface area contributed by atoms with E-state index in [0.717, 1.165) is 28.2 Å². The largest absolute Gasteiger partial charge is 0.465 e. The zero-order valence-electron chi connectivity index (χ0n) is 15.4. The Kier molecular flexibility index (Phi) is 6.18. The third-order valence-electron chi connectivity index (χ3n) is 4.26. The van der Waals surface area contributed by atoms with Crippen LogP contribution in [0.4, 0.5) is 5.00 Å². The summed E-state index contributed by atoms with van der Waals surface area (Å²) in [5.74, 6) is -0.361. The highest BCUT2D eigenvalue weighted by Gasteiger charge is 2.21. The fourth-order valence-electron chi connectivity index (χ4n) is 2.68. The van der Waals surface area contributed by atoms with E-state index in [1.165, 1.54) is 18.4 Å². The maximum absolute atomic E-state index is 12.0. The number of carbonyl (C=O) groups excluding carboxylic acids is 1. The number of thiocarbonyl (C=S) groups is 1. The number of nitrogens with zero attached hydrogens (tertiary/aromatic N) is 2. The number of aromatic nitrogens is 2. The summed E-state index contributed by atoms with van der Waals surface area (Å²) in [6.45, 7) is 10.8. The number of ether oxygens (including phenoxy) is 1. The summed E-state index contributed by atoms with van der Waals surface area (Å²) in [7, 11) is 1.38. The lowest BCUT2D eigenvalue weighted by molar-refractivity contribution is 0.0601. The van der Waals surface area contributed by atoms with E-state index in [9.17, 15) is 4.79 Å². The third kappa shape index (κ3) is 4.01. The molecule has 2 heterocycles. The smallest absolute Gasteiger partial charge is 0.341 e. The van der Waals surface area contributed by atoms with Crippen LogP contribution in [0.25, 0.3) is 0 Å². The van der Waals surface area contributed by atoms with E-state index < -0.39 is 0 Å². The van der Waals surface area contributed by atoms with Crippen molar-refractivity contribution in [2.75, 3.05) is 12.4 Å². The van der Waals surface area contributed by atoms with E-state index in [4.69, 9.17) is 17.0 Å². The van der Waals surface area contributed by atoms with Crippen molar-refractivity contribution in [1.29, 1.82) is 0 Å². The Morgan fingerprint density at radius 3 is 2.68 bits per heavy atom. The average Bonchev–Trinajstić information content (AvgIpc) is 3.06. The van der Waals surface area contributed by atoms with Crippen molar-refractivity contribution in [2.24, 2.45) is 0 Å². The molecule has 0 aromatic carbocycles. The lowest BCUT2D eigenvalue weighted by atomic mass is 10.1. The van der Waals surface area contributed by atoms with Crippen LogP contribution in [0.3, 0.4) is 0 Å². The van der Waals surface area contributed by atoms with Gasteiger partial charge in [-0.3, -0.25) is 4.68 Å². The van der Waals surface area contributed by atoms with Gasteiger partial charge in [0.1, 0.15) is 5.00 Å². The highest BCUT2D eigenvalue weighted by molar-refractivity contribution is 7.80. The first-order chi connectivity index (χ1) is 11.8. The van der Waals surface area contributed by atoms with Crippen molar-refractivity contribution in [3.63, 3.8) is 0 Å². The predicted molar refractivity (Wildman–Crippen MR) is 106 cm³/mol. The monoisotopic (exact) mass is 380 g/mol. The van der Waals surface area contributed by atoms with Crippen molar-refractivity contribution >= 4 is 39.6 Å². The van der Waals surface area contributed by atoms with Crippen LogP contribution in [-0.4, -0.2) is 28.0 Å². The van der Waals surface area contributed by atoms with Crippen LogP contribution in [0, 0.1) is 20.8 Å². The molecule has 2 N–H and O–H groups in total. The molecule has 0 aliphatic rings. The van der Waals surface area contributed by atoms with Crippen LogP contribution in [0.2, 0.25) is 0 Å². The molecule has 2 aromatic rings. The molecule has 1 unspecified atom stereocenters. The number of aryl methyl sites for hydroxylation is 2. The summed E-state index contributed by atoms with van der Waals surface area (Å²) in [5.41, 5.74) is 3.66. The van der Waals surface area contributed by atoms with Crippen LogP contribution < -0.4 is 10.6 Å². The molecule has 136 valence electrons. The molecular formula is C17H24N4O2S2. The molecule has 0 spiro atoms. The van der Waals surface area contributed by atoms with Crippen molar-refractivity contribution in [1.82, 2.24) is 15.1 Å². The number of hydrogen-bond acceptors (Lipinski definition) is 5. The van der Waals surface area contributed by atoms with E-state index in [1.54, 1.807) is 0 Å². The normalized spacial score (nSPS) is 11.9. The molecule has 25 heavy (non-hydrogen) atoms. The van der Waals surface area contributed by atoms with Gasteiger partial charge in [0.2, 0.25) is 0 Å². The highest BCUT2D eigenvalue weighted by atomic mass is 32.1. The second kappa shape index (κ2) is 7.97. The number of rotatable bonds is 5. The number of hydrogen-bond donors (Lipinski definition) is 2. The molecule has 0 radical (unpaired) electrons. The summed E-state index contributed by atoms with van der Waals surface area (Å²) in [6, 6.07) is 0.00373. The van der Waals surface area contributed by atoms with Gasteiger partial charge in [0.05, 0.1) is 24.9 Å². The Morgan fingerprint density at radius 2 is 2.12 bits per heavy atom. The number of esters is 1. The van der Waals surface area contributed by atoms with E-state index in [0.29, 0.717) is 15.7 Å². The van der Waals surface area contributed by atoms with Crippen LogP contribution in [0.5, 0.6) is 0 Å². The molecule has 6 nitrogen and oxygen atoms in total. The second-order valence-corrected chi connectivity index (χ2v) is 7.43. The van der Waals surface area contributed by atoms with Crippen molar-refractivity contribution in [2.45, 2.75) is 47.2 Å². The minimum absolute atomic E-state index is 0.00373. The van der Waals surface area contributed by atoms with Crippen LogP contribution in [0.15, 0.2) is 6.20 Å². The van der Waals surface area contributed by atoms with Gasteiger partial charge in [0, 0.05) is 22.7 Å². The van der Waals surface area contributed by atoms with Gasteiger partial charge in [-0.1, -0.05) is 0 Å². The highest BCUT2D eigenvalue weighted by Crippen LogP contribution is 2.33. The second-order valence-electron chi connectivity index (χ2n) is 5.80. The predicted octanol–water partition coefficient (Wildman–Crippen LogP) is 3.72. The van der Waals surface area contributed by atoms with Gasteiger partial charge < -0.3 is 15.4 Å². The summed E-state index contributed by atoms with van der Waals surface area (Å²) in [6.07, 6.45) is 1.86. The molecular weight excluding hydrogens is 356 g/mol. The standard InChI is InChI=1S/C17H24N4O2S2/c1-7-21-11(4)13(8-18-21)10(3)19-17(24)20-15-14(16(22)23-6)9(2)12(5)25-15/h8,10H,7H2,1-6H3,(H2,19,20,24). The average molecular weight is 381 g/mol. The van der Waals surface area contributed by atoms with Gasteiger partial charge in [-0.25, -0.2) is 4.79 Å². The molecule has 0 bridgehead atoms. The minimum Gasteiger partial charge on any atom is -0.465 e. The quantitative estimate of drug-likeness (QED) is 0.609. The number of carbonyl (C=O) groups is 1. The molecule has 1 atom stereocenters. The van der Waals surface area contributed by atoms with Gasteiger partial charge in [-0.15, -0.1) is 11.3 Å². The Labute approximate surface area is 157 Å². The maximum atomic E-state index is 12.0. The van der Waals surface area contributed by atoms with E-state index in [-0.39, 0.29) is 12.0 Å².